The van der Waals surface area contributed by atoms with Crippen LogP contribution < -0.4 is 10.2 Å². The molecule has 0 unspecified atom stereocenters. The topological polar surface area (TPSA) is 95.5 Å². The van der Waals surface area contributed by atoms with Gasteiger partial charge in [0.25, 0.3) is 15.9 Å². The van der Waals surface area contributed by atoms with Crippen LogP contribution in [0.2, 0.25) is 0 Å². The van der Waals surface area contributed by atoms with Gasteiger partial charge in [0.1, 0.15) is 0 Å². The van der Waals surface area contributed by atoms with Crippen molar-refractivity contribution in [2.75, 3.05) is 4.72 Å². The highest BCUT2D eigenvalue weighted by molar-refractivity contribution is 7.93. The van der Waals surface area contributed by atoms with Crippen LogP contribution in [0.4, 0.5) is 5.69 Å². The normalized spacial score (nSPS) is 11.8. The number of anilines is 1. The quantitative estimate of drug-likeness (QED) is 0.230. The van der Waals surface area contributed by atoms with Gasteiger partial charge in [0.2, 0.25) is 0 Å². The molecule has 32 heavy (non-hydrogen) atoms. The van der Waals surface area contributed by atoms with Crippen LogP contribution in [0.3, 0.4) is 0 Å². The Morgan fingerprint density at radius 1 is 0.781 bits per heavy atom. The van der Waals surface area contributed by atoms with Crippen molar-refractivity contribution in [2.45, 2.75) is 4.90 Å². The fourth-order valence-electron chi connectivity index (χ4n) is 3.50. The minimum atomic E-state index is -3.86. The van der Waals surface area contributed by atoms with Crippen molar-refractivity contribution in [2.24, 2.45) is 0 Å². The molecule has 0 atom stereocenters. The SMILES string of the molecule is O=C(/C=C(/c1ccccc1)c1cccc(NS(=O)(=O)c2cccc3ccccc23)c1)NO. The van der Waals surface area contributed by atoms with E-state index in [9.17, 15) is 13.2 Å². The van der Waals surface area contributed by atoms with Gasteiger partial charge >= 0.3 is 0 Å². The van der Waals surface area contributed by atoms with Crippen LogP contribution in [0, 0.1) is 0 Å². The number of hydrogen-bond donors (Lipinski definition) is 3. The Morgan fingerprint density at radius 3 is 2.22 bits per heavy atom. The van der Waals surface area contributed by atoms with Crippen LogP contribution in [-0.4, -0.2) is 19.5 Å². The van der Waals surface area contributed by atoms with E-state index in [0.29, 0.717) is 22.2 Å². The molecule has 3 N–H and O–H groups in total. The maximum atomic E-state index is 13.2. The summed E-state index contributed by atoms with van der Waals surface area (Å²) in [6, 6.07) is 28.3. The zero-order chi connectivity index (χ0) is 22.6. The first-order valence-electron chi connectivity index (χ1n) is 9.80. The highest BCUT2D eigenvalue weighted by Crippen LogP contribution is 2.28. The van der Waals surface area contributed by atoms with Gasteiger partial charge in [0.05, 0.1) is 4.90 Å². The van der Waals surface area contributed by atoms with E-state index in [4.69, 9.17) is 5.21 Å². The van der Waals surface area contributed by atoms with Crippen molar-refractivity contribution in [3.05, 3.63) is 114 Å². The molecule has 0 aliphatic carbocycles. The van der Waals surface area contributed by atoms with E-state index in [1.807, 2.05) is 48.5 Å². The molecule has 0 spiro atoms. The first kappa shape index (κ1) is 21.3. The van der Waals surface area contributed by atoms with E-state index in [-0.39, 0.29) is 4.90 Å². The first-order valence-corrected chi connectivity index (χ1v) is 11.3. The summed E-state index contributed by atoms with van der Waals surface area (Å²) in [6.45, 7) is 0. The summed E-state index contributed by atoms with van der Waals surface area (Å²) in [6.07, 6.45) is 1.26. The summed E-state index contributed by atoms with van der Waals surface area (Å²) in [5.41, 5.74) is 3.83. The summed E-state index contributed by atoms with van der Waals surface area (Å²) in [4.78, 5) is 12.0. The molecule has 1 amide bonds. The molecule has 0 bridgehead atoms. The van der Waals surface area contributed by atoms with E-state index in [0.717, 1.165) is 10.9 Å². The maximum absolute atomic E-state index is 13.2. The number of amides is 1. The van der Waals surface area contributed by atoms with E-state index in [2.05, 4.69) is 4.72 Å². The fraction of sp³-hybridized carbons (Fsp3) is 0. The smallest absolute Gasteiger partial charge is 0.267 e. The number of hydrogen-bond acceptors (Lipinski definition) is 4. The van der Waals surface area contributed by atoms with Gasteiger partial charge in [0, 0.05) is 17.1 Å². The van der Waals surface area contributed by atoms with Crippen LogP contribution in [0.1, 0.15) is 11.1 Å². The van der Waals surface area contributed by atoms with Gasteiger partial charge in [-0.3, -0.25) is 14.7 Å². The second-order valence-corrected chi connectivity index (χ2v) is 8.71. The van der Waals surface area contributed by atoms with Crippen molar-refractivity contribution in [1.29, 1.82) is 0 Å². The average Bonchev–Trinajstić information content (AvgIpc) is 2.82. The van der Waals surface area contributed by atoms with Gasteiger partial charge in [-0.25, -0.2) is 13.9 Å². The van der Waals surface area contributed by atoms with Crippen molar-refractivity contribution in [3.63, 3.8) is 0 Å². The first-order chi connectivity index (χ1) is 15.5. The molecular formula is C25H20N2O4S. The largest absolute Gasteiger partial charge is 0.288 e. The third kappa shape index (κ3) is 4.54. The minimum Gasteiger partial charge on any atom is -0.288 e. The Balaban J connectivity index is 1.74. The van der Waals surface area contributed by atoms with Gasteiger partial charge in [-0.05, 0) is 40.3 Å². The van der Waals surface area contributed by atoms with Gasteiger partial charge in [-0.1, -0.05) is 78.9 Å². The van der Waals surface area contributed by atoms with Crippen LogP contribution in [-0.2, 0) is 14.8 Å². The van der Waals surface area contributed by atoms with Crippen LogP contribution >= 0.6 is 0 Å². The number of benzene rings is 4. The Morgan fingerprint density at radius 2 is 1.44 bits per heavy atom. The zero-order valence-corrected chi connectivity index (χ0v) is 17.7. The maximum Gasteiger partial charge on any atom is 0.267 e. The lowest BCUT2D eigenvalue weighted by Gasteiger charge is -2.13. The Hall–Kier alpha value is -3.94. The van der Waals surface area contributed by atoms with E-state index < -0.39 is 15.9 Å². The minimum absolute atomic E-state index is 0.180. The predicted octanol–water partition coefficient (Wildman–Crippen LogP) is 4.58. The molecule has 0 aliphatic heterocycles. The highest BCUT2D eigenvalue weighted by Gasteiger charge is 2.18. The van der Waals surface area contributed by atoms with Crippen molar-refractivity contribution < 1.29 is 18.4 Å². The monoisotopic (exact) mass is 444 g/mol. The summed E-state index contributed by atoms with van der Waals surface area (Å²) >= 11 is 0. The van der Waals surface area contributed by atoms with Crippen LogP contribution in [0.15, 0.2) is 108 Å². The van der Waals surface area contributed by atoms with Gasteiger partial charge in [-0.2, -0.15) is 0 Å². The molecule has 0 aromatic heterocycles. The van der Waals surface area contributed by atoms with E-state index in [1.54, 1.807) is 54.0 Å². The molecule has 0 aliphatic rings. The number of carbonyl (C=O) groups excluding carboxylic acids is 1. The number of hydroxylamine groups is 1. The molecule has 0 radical (unpaired) electrons. The van der Waals surface area contributed by atoms with Crippen molar-refractivity contribution >= 4 is 38.0 Å². The summed E-state index contributed by atoms with van der Waals surface area (Å²) in [5.74, 6) is -0.689. The molecule has 7 heteroatoms. The number of fused-ring (bicyclic) bond motifs is 1. The van der Waals surface area contributed by atoms with Gasteiger partial charge in [0.15, 0.2) is 0 Å². The predicted molar refractivity (Wildman–Crippen MR) is 125 cm³/mol. The van der Waals surface area contributed by atoms with Crippen molar-refractivity contribution in [3.8, 4) is 0 Å². The Bertz CT molecular complexity index is 1410. The van der Waals surface area contributed by atoms with Crippen molar-refractivity contribution in [1.82, 2.24) is 5.48 Å². The molecule has 0 saturated carbocycles. The zero-order valence-electron chi connectivity index (χ0n) is 16.9. The lowest BCUT2D eigenvalue weighted by molar-refractivity contribution is -0.124. The van der Waals surface area contributed by atoms with E-state index in [1.165, 1.54) is 6.08 Å². The Labute approximate surface area is 185 Å². The number of nitrogens with one attached hydrogen (secondary N) is 2. The number of sulfonamides is 1. The highest BCUT2D eigenvalue weighted by atomic mass is 32.2. The molecule has 4 aromatic rings. The number of rotatable bonds is 6. The summed E-state index contributed by atoms with van der Waals surface area (Å²) in [7, 11) is -3.86. The second-order valence-electron chi connectivity index (χ2n) is 7.06. The third-order valence-corrected chi connectivity index (χ3v) is 6.37. The van der Waals surface area contributed by atoms with Crippen LogP contribution in [0.25, 0.3) is 16.3 Å². The standard InChI is InChI=1S/C25H20N2O4S/c28-25(26-29)17-23(19-8-2-1-3-9-19)20-12-6-13-21(16-20)27-32(30,31)24-15-7-11-18-10-4-5-14-22(18)24/h1-17,27,29H,(H,26,28)/b23-17-. The second kappa shape index (κ2) is 9.05. The molecule has 0 fully saturated rings. The van der Waals surface area contributed by atoms with Gasteiger partial charge < -0.3 is 0 Å². The van der Waals surface area contributed by atoms with Gasteiger partial charge in [-0.15, -0.1) is 0 Å². The molecule has 160 valence electrons. The molecular weight excluding hydrogens is 424 g/mol. The molecule has 6 nitrogen and oxygen atoms in total. The number of carbonyl (C=O) groups is 1. The van der Waals surface area contributed by atoms with Crippen LogP contribution in [0.5, 0.6) is 0 Å². The molecule has 0 heterocycles. The van der Waals surface area contributed by atoms with E-state index >= 15 is 0 Å². The molecule has 4 aromatic carbocycles. The fourth-order valence-corrected chi connectivity index (χ4v) is 4.79. The molecule has 4 rings (SSSR count). The Kier molecular flexibility index (Phi) is 6.02. The summed E-state index contributed by atoms with van der Waals surface area (Å²) in [5, 5.41) is 10.4. The summed E-state index contributed by atoms with van der Waals surface area (Å²) < 4.78 is 29.0. The average molecular weight is 445 g/mol. The third-order valence-electron chi connectivity index (χ3n) is 4.94. The lowest BCUT2D eigenvalue weighted by Crippen LogP contribution is -2.16. The molecule has 0 saturated heterocycles. The lowest BCUT2D eigenvalue weighted by atomic mass is 9.97.